The minimum absolute atomic E-state index is 0.00888. The van der Waals surface area contributed by atoms with E-state index < -0.39 is 59.3 Å². The number of carboxylic acids is 1. The third kappa shape index (κ3) is 6.66. The number of carbonyl (C=O) groups is 6. The normalized spacial score (nSPS) is 19.9. The van der Waals surface area contributed by atoms with Gasteiger partial charge in [0, 0.05) is 36.2 Å². The van der Waals surface area contributed by atoms with E-state index in [0.29, 0.717) is 0 Å². The summed E-state index contributed by atoms with van der Waals surface area (Å²) in [5.41, 5.74) is 11.2. The van der Waals surface area contributed by atoms with Gasteiger partial charge >= 0.3 is 18.1 Å². The highest BCUT2D eigenvalue weighted by molar-refractivity contribution is 8.00. The second-order valence-electron chi connectivity index (χ2n) is 7.93. The van der Waals surface area contributed by atoms with E-state index in [0.717, 1.165) is 35.1 Å². The number of esters is 1. The third-order valence-electron chi connectivity index (χ3n) is 5.21. The number of amides is 3. The Bertz CT molecular complexity index is 1190. The molecule has 1 aromatic rings. The van der Waals surface area contributed by atoms with Crippen molar-refractivity contribution in [1.82, 2.24) is 24.9 Å². The lowest BCUT2D eigenvalue weighted by Crippen LogP contribution is -2.71. The molecule has 0 saturated carbocycles. The number of hydrogen-bond donors (Lipinski definition) is 6. The van der Waals surface area contributed by atoms with Crippen LogP contribution in [0.15, 0.2) is 11.5 Å². The number of ether oxygens (including phenoxy) is 2. The van der Waals surface area contributed by atoms with E-state index in [-0.39, 0.29) is 47.6 Å². The number of rotatable bonds is 11. The minimum atomic E-state index is -1.69. The first kappa shape index (κ1) is 28.6. The third-order valence-corrected chi connectivity index (χ3v) is 7.10. The maximum Gasteiger partial charge on any atom is 0.512 e. The highest BCUT2D eigenvalue weighted by Gasteiger charge is 2.54. The summed E-state index contributed by atoms with van der Waals surface area (Å²) >= 11 is 1.92. The molecule has 0 aromatic carbocycles. The maximum absolute atomic E-state index is 13.1. The summed E-state index contributed by atoms with van der Waals surface area (Å²) in [6.07, 6.45) is -2.22. The van der Waals surface area contributed by atoms with Gasteiger partial charge in [0.2, 0.25) is 11.8 Å². The number of carbonyl (C=O) groups excluding carboxylic acids is 4. The summed E-state index contributed by atoms with van der Waals surface area (Å²) in [4.78, 5) is 76.6. The molecule has 2 aliphatic heterocycles. The molecule has 1 saturated heterocycles. The van der Waals surface area contributed by atoms with Crippen LogP contribution < -0.4 is 22.1 Å². The van der Waals surface area contributed by atoms with Gasteiger partial charge in [-0.05, 0) is 6.42 Å². The Morgan fingerprint density at radius 2 is 1.97 bits per heavy atom. The van der Waals surface area contributed by atoms with Gasteiger partial charge in [-0.25, -0.2) is 9.78 Å². The molecule has 3 rings (SSSR count). The molecule has 0 aliphatic carbocycles. The molecular formula is C19H23N7O10S2. The van der Waals surface area contributed by atoms with Crippen LogP contribution in [0.5, 0.6) is 0 Å². The molecule has 2 aliphatic rings. The van der Waals surface area contributed by atoms with Crippen molar-refractivity contribution in [2.75, 3.05) is 18.1 Å². The van der Waals surface area contributed by atoms with E-state index in [9.17, 15) is 28.8 Å². The van der Waals surface area contributed by atoms with Crippen molar-refractivity contribution in [3.8, 4) is 0 Å². The summed E-state index contributed by atoms with van der Waals surface area (Å²) in [6.45, 7) is 0.868. The molecule has 17 nitrogen and oxygen atoms in total. The molecular weight excluding hydrogens is 550 g/mol. The summed E-state index contributed by atoms with van der Waals surface area (Å²) in [5.74, 6) is -4.55. The molecule has 8 N–H and O–H groups in total. The number of nitrogens with zero attached hydrogens (tertiary/aromatic N) is 3. The average molecular weight is 574 g/mol. The van der Waals surface area contributed by atoms with Crippen molar-refractivity contribution >= 4 is 64.2 Å². The van der Waals surface area contributed by atoms with Crippen LogP contribution in [0.1, 0.15) is 31.6 Å². The van der Waals surface area contributed by atoms with E-state index in [1.165, 1.54) is 0 Å². The zero-order chi connectivity index (χ0) is 28.1. The van der Waals surface area contributed by atoms with E-state index in [2.05, 4.69) is 20.0 Å². The number of hydrogen-bond acceptors (Lipinski definition) is 14. The number of thioether (sulfide) groups is 1. The van der Waals surface area contributed by atoms with Gasteiger partial charge in [0.15, 0.2) is 17.0 Å². The number of nitrogens with one attached hydrogen (secondary N) is 2. The number of aromatic nitrogens is 2. The SMILES string of the molecule is CC(=O)OCC1=C(OC(=O)O)N2C(=O)[C@@H](NC(=O)[C@@H](NC(=O)CC[C@@H](N)C(=O)O)c3nsc(N)n3)[C@@H]2SC1. The molecule has 0 unspecified atom stereocenters. The Balaban J connectivity index is 1.73. The first-order valence-electron chi connectivity index (χ1n) is 10.8. The number of fused-ring (bicyclic) bond motifs is 1. The van der Waals surface area contributed by atoms with Crippen molar-refractivity contribution in [1.29, 1.82) is 0 Å². The van der Waals surface area contributed by atoms with Crippen LogP contribution in [0, 0.1) is 0 Å². The quantitative estimate of drug-likeness (QED) is 0.128. The first-order valence-corrected chi connectivity index (χ1v) is 12.6. The van der Waals surface area contributed by atoms with E-state index >= 15 is 0 Å². The molecule has 206 valence electrons. The monoisotopic (exact) mass is 573 g/mol. The number of nitrogens with two attached hydrogens (primary N) is 2. The Kier molecular flexibility index (Phi) is 9.07. The first-order chi connectivity index (χ1) is 17.9. The topological polar surface area (TPSA) is 266 Å². The van der Waals surface area contributed by atoms with Gasteiger partial charge in [0.25, 0.3) is 11.8 Å². The smallest absolute Gasteiger partial charge is 0.480 e. The van der Waals surface area contributed by atoms with Gasteiger partial charge in [-0.15, -0.1) is 11.8 Å². The maximum atomic E-state index is 13.1. The molecule has 1 fully saturated rings. The fourth-order valence-electron chi connectivity index (χ4n) is 3.39. The Hall–Kier alpha value is -3.97. The molecule has 3 amide bonds. The lowest BCUT2D eigenvalue weighted by atomic mass is 10.1. The second-order valence-corrected chi connectivity index (χ2v) is 9.82. The summed E-state index contributed by atoms with van der Waals surface area (Å²) < 4.78 is 13.6. The number of β-lactam (4-membered cyclic amide) rings is 1. The molecule has 19 heteroatoms. The average Bonchev–Trinajstić information content (AvgIpc) is 3.28. The van der Waals surface area contributed by atoms with Crippen molar-refractivity contribution in [3.63, 3.8) is 0 Å². The van der Waals surface area contributed by atoms with E-state index in [1.54, 1.807) is 0 Å². The van der Waals surface area contributed by atoms with Gasteiger partial charge in [0.1, 0.15) is 24.1 Å². The van der Waals surface area contributed by atoms with Crippen molar-refractivity contribution in [2.24, 2.45) is 5.73 Å². The molecule has 38 heavy (non-hydrogen) atoms. The lowest BCUT2D eigenvalue weighted by Gasteiger charge is -2.49. The minimum Gasteiger partial charge on any atom is -0.480 e. The van der Waals surface area contributed by atoms with Crippen molar-refractivity contribution in [2.45, 2.75) is 43.3 Å². The molecule has 4 atom stereocenters. The van der Waals surface area contributed by atoms with Gasteiger partial charge < -0.3 is 41.8 Å². The van der Waals surface area contributed by atoms with E-state index in [1.807, 2.05) is 0 Å². The number of nitrogen functional groups attached to an aromatic ring is 1. The largest absolute Gasteiger partial charge is 0.512 e. The fourth-order valence-corrected chi connectivity index (χ4v) is 5.16. The fraction of sp³-hybridized carbons (Fsp3) is 0.474. The van der Waals surface area contributed by atoms with Crippen molar-refractivity contribution in [3.05, 3.63) is 17.3 Å². The van der Waals surface area contributed by atoms with Crippen LogP contribution in [0.2, 0.25) is 0 Å². The van der Waals surface area contributed by atoms with Crippen LogP contribution in [0.25, 0.3) is 0 Å². The Morgan fingerprint density at radius 1 is 1.26 bits per heavy atom. The summed E-state index contributed by atoms with van der Waals surface area (Å²) in [5, 5.41) is 22.1. The molecule has 3 heterocycles. The molecule has 1 aromatic heterocycles. The van der Waals surface area contributed by atoms with Crippen LogP contribution in [0.3, 0.4) is 0 Å². The van der Waals surface area contributed by atoms with Gasteiger partial charge in [-0.2, -0.15) is 4.37 Å². The molecule has 0 radical (unpaired) electrons. The highest BCUT2D eigenvalue weighted by atomic mass is 32.2. The van der Waals surface area contributed by atoms with Gasteiger partial charge in [-0.1, -0.05) is 0 Å². The summed E-state index contributed by atoms with van der Waals surface area (Å²) in [6, 6.07) is -3.90. The van der Waals surface area contributed by atoms with Gasteiger partial charge in [-0.3, -0.25) is 28.9 Å². The zero-order valence-electron chi connectivity index (χ0n) is 19.6. The molecule has 0 spiro atoms. The zero-order valence-corrected chi connectivity index (χ0v) is 21.2. The van der Waals surface area contributed by atoms with E-state index in [4.69, 9.17) is 31.2 Å². The summed E-state index contributed by atoms with van der Waals surface area (Å²) in [7, 11) is 0. The standard InChI is InChI=1S/C19H23N7O10S2/c1-6(27)35-4-7-5-37-16-11(14(30)26(16)15(7)36-19(33)34)23-13(29)10(12-24-18(21)38-25-12)22-9(28)3-2-8(20)17(31)32/h8,10-11,16H,2-5,20H2,1H3,(H,22,28)(H,23,29)(H,31,32)(H,33,34)(H2,21,24,25)/t8-,10+,11-,16+/m1/s1. The van der Waals surface area contributed by atoms with Crippen LogP contribution in [-0.4, -0.2) is 90.1 Å². The number of anilines is 1. The van der Waals surface area contributed by atoms with Crippen molar-refractivity contribution < 1.29 is 48.5 Å². The lowest BCUT2D eigenvalue weighted by molar-refractivity contribution is -0.149. The number of carboxylic acid groups (broad SMARTS) is 2. The Labute approximate surface area is 222 Å². The second kappa shape index (κ2) is 12.0. The number of aliphatic carboxylic acids is 1. The van der Waals surface area contributed by atoms with Crippen LogP contribution in [0.4, 0.5) is 9.93 Å². The predicted octanol–water partition coefficient (Wildman–Crippen LogP) is -1.66. The van der Waals surface area contributed by atoms with Crippen LogP contribution >= 0.6 is 23.3 Å². The molecule has 0 bridgehead atoms. The highest BCUT2D eigenvalue weighted by Crippen LogP contribution is 2.41. The predicted molar refractivity (Wildman–Crippen MR) is 128 cm³/mol. The van der Waals surface area contributed by atoms with Gasteiger partial charge in [0.05, 0.1) is 0 Å². The Morgan fingerprint density at radius 3 is 2.55 bits per heavy atom. The van der Waals surface area contributed by atoms with Crippen LogP contribution in [-0.2, 0) is 33.4 Å².